The first kappa shape index (κ1) is 21.5. The van der Waals surface area contributed by atoms with E-state index in [4.69, 9.17) is 9.15 Å². The van der Waals surface area contributed by atoms with Gasteiger partial charge in [0.1, 0.15) is 17.1 Å². The lowest BCUT2D eigenvalue weighted by atomic mass is 10.1. The number of likely N-dealkylation sites (N-methyl/N-ethyl adjacent to an activating group) is 2. The fourth-order valence-corrected chi connectivity index (χ4v) is 3.23. The summed E-state index contributed by atoms with van der Waals surface area (Å²) in [7, 11) is 2.59. The average molecular weight is 475 g/mol. The molecule has 0 saturated carbocycles. The van der Waals surface area contributed by atoms with Gasteiger partial charge in [-0.3, -0.25) is 19.4 Å². The van der Waals surface area contributed by atoms with Crippen LogP contribution in [0.3, 0.4) is 0 Å². The third kappa shape index (κ3) is 4.06. The van der Waals surface area contributed by atoms with Gasteiger partial charge in [0, 0.05) is 24.1 Å². The highest BCUT2D eigenvalue weighted by Crippen LogP contribution is 2.30. The molecular formula is C21H19BrN2O6. The molecular weight excluding hydrogens is 456 g/mol. The number of hydrogen-bond donors (Lipinski definition) is 0. The maximum Gasteiger partial charge on any atom is 0.339 e. The molecule has 1 fully saturated rings. The topological polar surface area (TPSA) is 97.1 Å². The van der Waals surface area contributed by atoms with E-state index in [1.807, 2.05) is 0 Å². The molecule has 2 heterocycles. The number of carbonyl (C=O) groups excluding carboxylic acids is 4. The number of carbonyl (C=O) groups is 4. The minimum Gasteiger partial charge on any atom is -0.459 e. The number of halogens is 1. The van der Waals surface area contributed by atoms with Gasteiger partial charge in [0.05, 0.1) is 11.7 Å². The highest BCUT2D eigenvalue weighted by atomic mass is 79.9. The minimum absolute atomic E-state index is 0.198. The third-order valence-electron chi connectivity index (χ3n) is 4.37. The Morgan fingerprint density at radius 3 is 2.30 bits per heavy atom. The number of benzene rings is 1. The molecule has 1 aliphatic heterocycles. The summed E-state index contributed by atoms with van der Waals surface area (Å²) in [5.41, 5.74) is 0.608. The minimum atomic E-state index is -0.717. The fourth-order valence-electron chi connectivity index (χ4n) is 2.87. The zero-order valence-electron chi connectivity index (χ0n) is 16.8. The van der Waals surface area contributed by atoms with E-state index in [0.717, 1.165) is 9.80 Å². The van der Waals surface area contributed by atoms with E-state index in [1.165, 1.54) is 20.2 Å². The lowest BCUT2D eigenvalue weighted by Crippen LogP contribution is -2.52. The summed E-state index contributed by atoms with van der Waals surface area (Å²) in [6.45, 7) is 3.51. The Labute approximate surface area is 181 Å². The molecule has 0 spiro atoms. The van der Waals surface area contributed by atoms with Gasteiger partial charge < -0.3 is 9.15 Å². The van der Waals surface area contributed by atoms with Crippen LogP contribution in [0, 0.1) is 0 Å². The van der Waals surface area contributed by atoms with Crippen molar-refractivity contribution in [2.45, 2.75) is 20.0 Å². The summed E-state index contributed by atoms with van der Waals surface area (Å²) in [5.74, 6) is -1.35. The second kappa shape index (κ2) is 8.27. The van der Waals surface area contributed by atoms with Crippen LogP contribution in [0.25, 0.3) is 17.4 Å². The van der Waals surface area contributed by atoms with E-state index in [1.54, 1.807) is 44.2 Å². The van der Waals surface area contributed by atoms with Crippen LogP contribution in [0.15, 0.2) is 44.8 Å². The molecule has 30 heavy (non-hydrogen) atoms. The number of rotatable bonds is 4. The van der Waals surface area contributed by atoms with Crippen LogP contribution in [-0.2, 0) is 14.3 Å². The molecule has 0 aliphatic carbocycles. The van der Waals surface area contributed by atoms with Crippen LogP contribution in [0.5, 0.6) is 0 Å². The van der Waals surface area contributed by atoms with E-state index >= 15 is 0 Å². The van der Waals surface area contributed by atoms with E-state index in [-0.39, 0.29) is 17.4 Å². The second-order valence-corrected chi connectivity index (χ2v) is 7.83. The van der Waals surface area contributed by atoms with Crippen LogP contribution >= 0.6 is 15.9 Å². The third-order valence-corrected chi connectivity index (χ3v) is 4.86. The number of urea groups is 1. The normalized spacial score (nSPS) is 14.6. The van der Waals surface area contributed by atoms with E-state index in [9.17, 15) is 19.2 Å². The maximum atomic E-state index is 12.5. The Bertz CT molecular complexity index is 1060. The van der Waals surface area contributed by atoms with Crippen molar-refractivity contribution >= 4 is 45.8 Å². The molecule has 3 rings (SSSR count). The SMILES string of the molecule is CC(C)OC(=O)c1cc(Br)ccc1-c1ccc(C=C2C(=O)N(C)C(=O)N(C)C2=O)o1. The summed E-state index contributed by atoms with van der Waals surface area (Å²) < 4.78 is 11.8. The molecule has 8 nitrogen and oxygen atoms in total. The largest absolute Gasteiger partial charge is 0.459 e. The van der Waals surface area contributed by atoms with Gasteiger partial charge in [-0.15, -0.1) is 0 Å². The van der Waals surface area contributed by atoms with Gasteiger partial charge in [0.15, 0.2) is 0 Å². The molecule has 1 aromatic heterocycles. The fraction of sp³-hybridized carbons (Fsp3) is 0.238. The van der Waals surface area contributed by atoms with Crippen molar-refractivity contribution in [1.29, 1.82) is 0 Å². The Kier molecular flexibility index (Phi) is 5.93. The maximum absolute atomic E-state index is 12.5. The predicted octanol–water partition coefficient (Wildman–Crippen LogP) is 3.71. The van der Waals surface area contributed by atoms with Gasteiger partial charge in [-0.25, -0.2) is 9.59 Å². The molecule has 2 aromatic rings. The van der Waals surface area contributed by atoms with Crippen LogP contribution < -0.4 is 0 Å². The summed E-state index contributed by atoms with van der Waals surface area (Å²) in [4.78, 5) is 50.7. The molecule has 1 saturated heterocycles. The Hall–Kier alpha value is -3.20. The van der Waals surface area contributed by atoms with Crippen molar-refractivity contribution < 1.29 is 28.3 Å². The molecule has 0 atom stereocenters. The monoisotopic (exact) mass is 474 g/mol. The van der Waals surface area contributed by atoms with E-state index in [2.05, 4.69) is 15.9 Å². The number of barbiturate groups is 1. The highest BCUT2D eigenvalue weighted by Gasteiger charge is 2.38. The smallest absolute Gasteiger partial charge is 0.339 e. The molecule has 156 valence electrons. The van der Waals surface area contributed by atoms with Gasteiger partial charge in [-0.05, 0) is 50.3 Å². The standard InChI is InChI=1S/C21H19BrN2O6/c1-11(2)29-20(27)15-9-12(22)5-7-14(15)17-8-6-13(30-17)10-16-18(25)23(3)21(28)24(4)19(16)26/h5-11H,1-4H3. The first-order valence-corrected chi connectivity index (χ1v) is 9.82. The first-order chi connectivity index (χ1) is 14.1. The van der Waals surface area contributed by atoms with Crippen LogP contribution in [0.1, 0.15) is 30.0 Å². The lowest BCUT2D eigenvalue weighted by molar-refractivity contribution is -0.134. The molecule has 0 radical (unpaired) electrons. The molecule has 4 amide bonds. The summed E-state index contributed by atoms with van der Waals surface area (Å²) in [6, 6.07) is 7.58. The first-order valence-electron chi connectivity index (χ1n) is 9.02. The Balaban J connectivity index is 1.99. The van der Waals surface area contributed by atoms with Crippen molar-refractivity contribution in [2.75, 3.05) is 14.1 Å². The van der Waals surface area contributed by atoms with Gasteiger partial charge in [-0.2, -0.15) is 0 Å². The van der Waals surface area contributed by atoms with Crippen molar-refractivity contribution in [3.05, 3.63) is 51.7 Å². The van der Waals surface area contributed by atoms with Gasteiger partial charge in [0.2, 0.25) is 0 Å². The predicted molar refractivity (Wildman–Crippen MR) is 111 cm³/mol. The number of furan rings is 1. The van der Waals surface area contributed by atoms with E-state index in [0.29, 0.717) is 21.4 Å². The number of esters is 1. The molecule has 0 N–H and O–H groups in total. The lowest BCUT2D eigenvalue weighted by Gasteiger charge is -2.28. The van der Waals surface area contributed by atoms with Crippen molar-refractivity contribution in [1.82, 2.24) is 9.80 Å². The number of hydrogen-bond acceptors (Lipinski definition) is 6. The van der Waals surface area contributed by atoms with Gasteiger partial charge >= 0.3 is 12.0 Å². The molecule has 1 aromatic carbocycles. The van der Waals surface area contributed by atoms with Crippen molar-refractivity contribution in [3.8, 4) is 11.3 Å². The Morgan fingerprint density at radius 2 is 1.70 bits per heavy atom. The summed E-state index contributed by atoms with van der Waals surface area (Å²) in [5, 5.41) is 0. The molecule has 9 heteroatoms. The quantitative estimate of drug-likeness (QED) is 0.380. The van der Waals surface area contributed by atoms with Gasteiger partial charge in [-0.1, -0.05) is 15.9 Å². The van der Waals surface area contributed by atoms with E-state index < -0.39 is 23.8 Å². The number of ether oxygens (including phenoxy) is 1. The van der Waals surface area contributed by atoms with Crippen LogP contribution in [0.4, 0.5) is 4.79 Å². The van der Waals surface area contributed by atoms with Gasteiger partial charge in [0.25, 0.3) is 11.8 Å². The molecule has 0 bridgehead atoms. The number of imide groups is 2. The van der Waals surface area contributed by atoms with Crippen molar-refractivity contribution in [3.63, 3.8) is 0 Å². The zero-order chi connectivity index (χ0) is 22.2. The average Bonchev–Trinajstić information content (AvgIpc) is 3.16. The molecule has 1 aliphatic rings. The van der Waals surface area contributed by atoms with Crippen molar-refractivity contribution in [2.24, 2.45) is 0 Å². The van der Waals surface area contributed by atoms with Crippen LogP contribution in [-0.4, -0.2) is 53.8 Å². The molecule has 0 unspecified atom stereocenters. The number of nitrogens with zero attached hydrogens (tertiary/aromatic N) is 2. The zero-order valence-corrected chi connectivity index (χ0v) is 18.3. The highest BCUT2D eigenvalue weighted by molar-refractivity contribution is 9.10. The second-order valence-electron chi connectivity index (χ2n) is 6.91. The summed E-state index contributed by atoms with van der Waals surface area (Å²) in [6.07, 6.45) is 0.986. The Morgan fingerprint density at radius 1 is 1.07 bits per heavy atom. The number of amides is 4. The van der Waals surface area contributed by atoms with Crippen LogP contribution in [0.2, 0.25) is 0 Å². The summed E-state index contributed by atoms with van der Waals surface area (Å²) >= 11 is 3.34.